The predicted octanol–water partition coefficient (Wildman–Crippen LogP) is 2.81. The highest BCUT2D eigenvalue weighted by Crippen LogP contribution is 2.32. The third-order valence-electron chi connectivity index (χ3n) is 5.47. The van der Waals surface area contributed by atoms with Crippen molar-refractivity contribution in [2.45, 2.75) is 32.2 Å². The smallest absolute Gasteiger partial charge is 0.244 e. The first-order valence-electron chi connectivity index (χ1n) is 9.83. The number of carbonyl (C=O) groups excluding carboxylic acids is 2. The fourth-order valence-electron chi connectivity index (χ4n) is 3.92. The molecule has 2 unspecified atom stereocenters. The molecule has 164 valence electrons. The van der Waals surface area contributed by atoms with E-state index in [1.54, 1.807) is 18.9 Å². The maximum Gasteiger partial charge on any atom is 0.244 e. The number of carbonyl (C=O) groups is 2. The molecular formula is C20H21F3N6O2. The topological polar surface area (TPSA) is 99.2 Å². The van der Waals surface area contributed by atoms with Crippen LogP contribution in [0.4, 0.5) is 36.3 Å². The van der Waals surface area contributed by atoms with Crippen LogP contribution in [-0.2, 0) is 9.59 Å². The van der Waals surface area contributed by atoms with Gasteiger partial charge >= 0.3 is 0 Å². The van der Waals surface area contributed by atoms with Crippen LogP contribution >= 0.6 is 0 Å². The minimum atomic E-state index is -1.58. The molecule has 4 rings (SSSR count). The summed E-state index contributed by atoms with van der Waals surface area (Å²) in [4.78, 5) is 34.8. The second kappa shape index (κ2) is 8.05. The standard InChI is InChI=1S/C20H21F3N6O2/c1-9-17-18(29(2)8-15(30)27-17)28-20(24-9)26-11-4-3-10(5-11)19(31)25-12-6-13(21)16(23)14(22)7-12/h6-7,10-11H,3-5,8H2,1-2H3,(H,25,31)(H,27,30)(H,24,26,28). The van der Waals surface area contributed by atoms with E-state index in [2.05, 4.69) is 25.9 Å². The molecule has 1 saturated carbocycles. The molecule has 0 bridgehead atoms. The molecule has 2 aliphatic rings. The van der Waals surface area contributed by atoms with Crippen LogP contribution in [0.2, 0.25) is 0 Å². The Kier molecular flexibility index (Phi) is 5.42. The second-order valence-electron chi connectivity index (χ2n) is 7.83. The van der Waals surface area contributed by atoms with Gasteiger partial charge in [-0.2, -0.15) is 4.98 Å². The van der Waals surface area contributed by atoms with Crippen LogP contribution in [0.5, 0.6) is 0 Å². The molecule has 31 heavy (non-hydrogen) atoms. The lowest BCUT2D eigenvalue weighted by molar-refractivity contribution is -0.119. The van der Waals surface area contributed by atoms with E-state index < -0.39 is 17.5 Å². The normalized spacial score (nSPS) is 20.3. The van der Waals surface area contributed by atoms with Crippen molar-refractivity contribution in [3.8, 4) is 0 Å². The molecular weight excluding hydrogens is 413 g/mol. The maximum absolute atomic E-state index is 13.4. The van der Waals surface area contributed by atoms with Crippen molar-refractivity contribution < 1.29 is 22.8 Å². The summed E-state index contributed by atoms with van der Waals surface area (Å²) < 4.78 is 39.8. The Morgan fingerprint density at radius 3 is 2.61 bits per heavy atom. The van der Waals surface area contributed by atoms with Gasteiger partial charge in [0.15, 0.2) is 23.3 Å². The fourth-order valence-corrected chi connectivity index (χ4v) is 3.92. The third kappa shape index (κ3) is 4.25. The molecule has 2 heterocycles. The van der Waals surface area contributed by atoms with Crippen LogP contribution in [0.25, 0.3) is 0 Å². The fraction of sp³-hybridized carbons (Fsp3) is 0.400. The number of rotatable bonds is 4. The number of benzene rings is 1. The van der Waals surface area contributed by atoms with Crippen molar-refractivity contribution in [3.63, 3.8) is 0 Å². The molecule has 3 N–H and O–H groups in total. The Balaban J connectivity index is 1.40. The van der Waals surface area contributed by atoms with Gasteiger partial charge in [0.1, 0.15) is 5.69 Å². The zero-order chi connectivity index (χ0) is 22.3. The average molecular weight is 434 g/mol. The molecule has 1 fully saturated rings. The lowest BCUT2D eigenvalue weighted by Crippen LogP contribution is -2.37. The number of aromatic nitrogens is 2. The van der Waals surface area contributed by atoms with E-state index in [1.807, 2.05) is 0 Å². The van der Waals surface area contributed by atoms with Gasteiger partial charge in [-0.25, -0.2) is 18.2 Å². The first-order valence-corrected chi connectivity index (χ1v) is 9.83. The van der Waals surface area contributed by atoms with E-state index >= 15 is 0 Å². The number of likely N-dealkylation sites (N-methyl/N-ethyl adjacent to an activating group) is 1. The Bertz CT molecular complexity index is 1040. The third-order valence-corrected chi connectivity index (χ3v) is 5.47. The van der Waals surface area contributed by atoms with Gasteiger partial charge in [0.2, 0.25) is 17.8 Å². The summed E-state index contributed by atoms with van der Waals surface area (Å²) in [5.74, 6) is -4.18. The highest BCUT2D eigenvalue weighted by molar-refractivity contribution is 6.00. The van der Waals surface area contributed by atoms with E-state index in [9.17, 15) is 22.8 Å². The van der Waals surface area contributed by atoms with Crippen LogP contribution in [0.1, 0.15) is 25.0 Å². The second-order valence-corrected chi connectivity index (χ2v) is 7.83. The lowest BCUT2D eigenvalue weighted by Gasteiger charge is -2.27. The van der Waals surface area contributed by atoms with E-state index in [4.69, 9.17) is 0 Å². The van der Waals surface area contributed by atoms with Gasteiger partial charge in [-0.05, 0) is 26.2 Å². The number of hydrogen-bond donors (Lipinski definition) is 3. The number of fused-ring (bicyclic) bond motifs is 1. The number of aryl methyl sites for hydroxylation is 1. The van der Waals surface area contributed by atoms with Gasteiger partial charge in [-0.15, -0.1) is 0 Å². The molecule has 0 radical (unpaired) electrons. The molecule has 1 aromatic heterocycles. The number of anilines is 4. The van der Waals surface area contributed by atoms with E-state index in [1.165, 1.54) is 0 Å². The number of amides is 2. The Labute approximate surface area is 176 Å². The molecule has 0 saturated heterocycles. The summed E-state index contributed by atoms with van der Waals surface area (Å²) in [6, 6.07) is 1.43. The van der Waals surface area contributed by atoms with Crippen molar-refractivity contribution in [1.29, 1.82) is 0 Å². The first kappa shape index (κ1) is 20.9. The summed E-state index contributed by atoms with van der Waals surface area (Å²) in [7, 11) is 1.77. The minimum Gasteiger partial charge on any atom is -0.351 e. The van der Waals surface area contributed by atoms with Crippen LogP contribution in [0.3, 0.4) is 0 Å². The molecule has 11 heteroatoms. The first-order chi connectivity index (χ1) is 14.7. The number of hydrogen-bond acceptors (Lipinski definition) is 6. The summed E-state index contributed by atoms with van der Waals surface area (Å²) in [6.07, 6.45) is 1.72. The zero-order valence-corrected chi connectivity index (χ0v) is 16.9. The Morgan fingerprint density at radius 2 is 1.90 bits per heavy atom. The van der Waals surface area contributed by atoms with Gasteiger partial charge in [0, 0.05) is 36.8 Å². The number of halogens is 3. The highest BCUT2D eigenvalue weighted by Gasteiger charge is 2.31. The van der Waals surface area contributed by atoms with E-state index in [-0.39, 0.29) is 36.0 Å². The highest BCUT2D eigenvalue weighted by atomic mass is 19.2. The predicted molar refractivity (Wildman–Crippen MR) is 108 cm³/mol. The molecule has 8 nitrogen and oxygen atoms in total. The van der Waals surface area contributed by atoms with Gasteiger partial charge < -0.3 is 20.9 Å². The monoisotopic (exact) mass is 434 g/mol. The van der Waals surface area contributed by atoms with Crippen molar-refractivity contribution in [2.75, 3.05) is 34.4 Å². The molecule has 1 aliphatic heterocycles. The van der Waals surface area contributed by atoms with Crippen LogP contribution in [0, 0.1) is 30.3 Å². The SMILES string of the molecule is Cc1nc(NC2CCC(C(=O)Nc3cc(F)c(F)c(F)c3)C2)nc2c1NC(=O)CN2C. The van der Waals surface area contributed by atoms with E-state index in [0.29, 0.717) is 42.4 Å². The average Bonchev–Trinajstić information content (AvgIpc) is 3.16. The molecule has 0 spiro atoms. The van der Waals surface area contributed by atoms with E-state index in [0.717, 1.165) is 12.1 Å². The maximum atomic E-state index is 13.4. The summed E-state index contributed by atoms with van der Waals surface area (Å²) in [5, 5.41) is 8.45. The van der Waals surface area contributed by atoms with Crippen molar-refractivity contribution >= 4 is 35.0 Å². The Hall–Kier alpha value is -3.37. The van der Waals surface area contributed by atoms with Gasteiger partial charge in [0.05, 0.1) is 12.2 Å². The van der Waals surface area contributed by atoms with Crippen LogP contribution in [0.15, 0.2) is 12.1 Å². The quantitative estimate of drug-likeness (QED) is 0.640. The summed E-state index contributed by atoms with van der Waals surface area (Å²) in [5.41, 5.74) is 1.07. The summed E-state index contributed by atoms with van der Waals surface area (Å²) >= 11 is 0. The summed E-state index contributed by atoms with van der Waals surface area (Å²) in [6.45, 7) is 1.97. The molecule has 1 aliphatic carbocycles. The van der Waals surface area contributed by atoms with Gasteiger partial charge in [0.25, 0.3) is 0 Å². The lowest BCUT2D eigenvalue weighted by atomic mass is 10.1. The van der Waals surface area contributed by atoms with Crippen molar-refractivity contribution in [2.24, 2.45) is 5.92 Å². The van der Waals surface area contributed by atoms with Crippen molar-refractivity contribution in [3.05, 3.63) is 35.3 Å². The molecule has 2 atom stereocenters. The Morgan fingerprint density at radius 1 is 1.19 bits per heavy atom. The number of nitrogens with one attached hydrogen (secondary N) is 3. The largest absolute Gasteiger partial charge is 0.351 e. The zero-order valence-electron chi connectivity index (χ0n) is 16.9. The van der Waals surface area contributed by atoms with Gasteiger partial charge in [-0.1, -0.05) is 0 Å². The van der Waals surface area contributed by atoms with Gasteiger partial charge in [-0.3, -0.25) is 9.59 Å². The molecule has 2 aromatic rings. The van der Waals surface area contributed by atoms with Crippen LogP contribution < -0.4 is 20.9 Å². The minimum absolute atomic E-state index is 0.0709. The molecule has 1 aromatic carbocycles. The molecule has 2 amide bonds. The number of nitrogens with zero attached hydrogens (tertiary/aromatic N) is 3. The van der Waals surface area contributed by atoms with Crippen LogP contribution in [-0.4, -0.2) is 41.4 Å². The van der Waals surface area contributed by atoms with Crippen molar-refractivity contribution in [1.82, 2.24) is 9.97 Å².